The fourth-order valence-corrected chi connectivity index (χ4v) is 2.65. The lowest BCUT2D eigenvalue weighted by molar-refractivity contribution is -0.0244. The van der Waals surface area contributed by atoms with E-state index >= 15 is 0 Å². The van der Waals surface area contributed by atoms with E-state index in [2.05, 4.69) is 21.3 Å². The third-order valence-corrected chi connectivity index (χ3v) is 3.86. The summed E-state index contributed by atoms with van der Waals surface area (Å²) >= 11 is 0. The van der Waals surface area contributed by atoms with E-state index in [9.17, 15) is 14.2 Å². The molecule has 2 unspecified atom stereocenters. The van der Waals surface area contributed by atoms with Gasteiger partial charge >= 0.3 is 13.5 Å². The van der Waals surface area contributed by atoms with Gasteiger partial charge in [-0.2, -0.15) is 0 Å². The Morgan fingerprint density at radius 1 is 1.42 bits per heavy atom. The first-order chi connectivity index (χ1) is 11.3. The zero-order chi connectivity index (χ0) is 17.7. The molecule has 11 heteroatoms. The molecular formula is C13H18N3O7P. The normalized spacial score (nSPS) is 20.6. The van der Waals surface area contributed by atoms with Gasteiger partial charge in [-0.25, -0.2) is 9.36 Å². The molecule has 5 N–H and O–H groups in total. The highest BCUT2D eigenvalue weighted by atomic mass is 31.2. The molecular weight excluding hydrogens is 341 g/mol. The lowest BCUT2D eigenvalue weighted by atomic mass is 10.2. The van der Waals surface area contributed by atoms with Crippen LogP contribution in [0.2, 0.25) is 0 Å². The van der Waals surface area contributed by atoms with Crippen LogP contribution >= 0.6 is 7.82 Å². The van der Waals surface area contributed by atoms with Gasteiger partial charge in [0, 0.05) is 18.2 Å². The molecule has 0 aromatic carbocycles. The fraction of sp³-hybridized carbons (Fsp3) is 0.538. The number of nitrogens with one attached hydrogen (secondary N) is 1. The Bertz CT molecular complexity index is 800. The van der Waals surface area contributed by atoms with Crippen molar-refractivity contribution in [2.24, 2.45) is 5.73 Å². The van der Waals surface area contributed by atoms with E-state index in [4.69, 9.17) is 20.3 Å². The summed E-state index contributed by atoms with van der Waals surface area (Å²) in [7, 11) is -4.57. The largest absolute Gasteiger partial charge is 0.469 e. The third kappa shape index (κ3) is 5.14. The predicted molar refractivity (Wildman–Crippen MR) is 83.0 cm³/mol. The minimum atomic E-state index is -4.57. The molecule has 1 saturated heterocycles. The van der Waals surface area contributed by atoms with Gasteiger partial charge in [0.2, 0.25) is 0 Å². The SMILES string of the molecule is NCC#CCc1cn(C2CCC(COP(=O)(O)O)O2)c(=O)[nH]c1=O. The second kappa shape index (κ2) is 7.90. The number of rotatable bonds is 5. The van der Waals surface area contributed by atoms with Gasteiger partial charge in [0.25, 0.3) is 5.56 Å². The van der Waals surface area contributed by atoms with Crippen molar-refractivity contribution >= 4 is 7.82 Å². The molecule has 0 amide bonds. The summed E-state index contributed by atoms with van der Waals surface area (Å²) in [6.07, 6.45) is 1.21. The number of phosphoric ester groups is 1. The number of aromatic amines is 1. The molecule has 0 spiro atoms. The van der Waals surface area contributed by atoms with Crippen LogP contribution in [-0.2, 0) is 20.2 Å². The Kier molecular flexibility index (Phi) is 6.12. The summed E-state index contributed by atoms with van der Waals surface area (Å²) < 4.78 is 21.9. The second-order valence-corrected chi connectivity index (χ2v) is 6.37. The monoisotopic (exact) mass is 359 g/mol. The van der Waals surface area contributed by atoms with E-state index in [0.717, 1.165) is 0 Å². The van der Waals surface area contributed by atoms with E-state index < -0.39 is 31.4 Å². The number of H-pyrrole nitrogens is 1. The molecule has 0 bridgehead atoms. The van der Waals surface area contributed by atoms with Gasteiger partial charge in [-0.3, -0.25) is 18.9 Å². The van der Waals surface area contributed by atoms with Gasteiger partial charge in [-0.1, -0.05) is 11.8 Å². The quantitative estimate of drug-likeness (QED) is 0.378. The van der Waals surface area contributed by atoms with Crippen LogP contribution in [0.3, 0.4) is 0 Å². The van der Waals surface area contributed by atoms with Gasteiger partial charge in [0.1, 0.15) is 6.23 Å². The van der Waals surface area contributed by atoms with E-state index in [-0.39, 0.29) is 19.6 Å². The lowest BCUT2D eigenvalue weighted by Gasteiger charge is -2.16. The number of ether oxygens (including phenoxy) is 1. The molecule has 0 aliphatic carbocycles. The molecule has 2 rings (SSSR count). The molecule has 0 radical (unpaired) electrons. The van der Waals surface area contributed by atoms with E-state index in [0.29, 0.717) is 18.4 Å². The van der Waals surface area contributed by atoms with Gasteiger partial charge < -0.3 is 20.3 Å². The molecule has 1 aromatic heterocycles. The Morgan fingerprint density at radius 2 is 2.17 bits per heavy atom. The van der Waals surface area contributed by atoms with Gasteiger partial charge in [-0.15, -0.1) is 0 Å². The maximum absolute atomic E-state index is 11.9. The van der Waals surface area contributed by atoms with Crippen LogP contribution in [0.5, 0.6) is 0 Å². The van der Waals surface area contributed by atoms with Crippen LogP contribution in [0.1, 0.15) is 24.6 Å². The van der Waals surface area contributed by atoms with Crippen molar-refractivity contribution in [3.05, 3.63) is 32.6 Å². The third-order valence-electron chi connectivity index (χ3n) is 3.37. The van der Waals surface area contributed by atoms with Crippen LogP contribution in [0.15, 0.2) is 15.8 Å². The minimum absolute atomic E-state index is 0.143. The average molecular weight is 359 g/mol. The van der Waals surface area contributed by atoms with Crippen LogP contribution in [0, 0.1) is 11.8 Å². The highest BCUT2D eigenvalue weighted by molar-refractivity contribution is 7.46. The lowest BCUT2D eigenvalue weighted by Crippen LogP contribution is -2.34. The summed E-state index contributed by atoms with van der Waals surface area (Å²) in [6, 6.07) is 0. The molecule has 2 heterocycles. The summed E-state index contributed by atoms with van der Waals surface area (Å²) in [4.78, 5) is 43.3. The molecule has 1 aliphatic rings. The first-order valence-electron chi connectivity index (χ1n) is 7.16. The smallest absolute Gasteiger partial charge is 0.352 e. The number of phosphoric acid groups is 1. The Labute approximate surface area is 136 Å². The second-order valence-electron chi connectivity index (χ2n) is 5.13. The van der Waals surface area contributed by atoms with Crippen molar-refractivity contribution in [1.29, 1.82) is 0 Å². The average Bonchev–Trinajstić information content (AvgIpc) is 2.95. The highest BCUT2D eigenvalue weighted by Crippen LogP contribution is 2.37. The van der Waals surface area contributed by atoms with Crippen LogP contribution in [0.25, 0.3) is 0 Å². The summed E-state index contributed by atoms with van der Waals surface area (Å²) in [5.74, 6) is 5.35. The molecule has 10 nitrogen and oxygen atoms in total. The van der Waals surface area contributed by atoms with Crippen molar-refractivity contribution < 1.29 is 23.6 Å². The number of aromatic nitrogens is 2. The number of hydrogen-bond donors (Lipinski definition) is 4. The molecule has 2 atom stereocenters. The standard InChI is InChI=1S/C13H18N3O7P/c14-6-2-1-3-9-7-16(13(18)15-12(9)17)11-5-4-10(23-11)8-22-24(19,20)21/h7,10-11H,3-6,8,14H2,(H,15,17,18)(H2,19,20,21). The van der Waals surface area contributed by atoms with Crippen molar-refractivity contribution in [1.82, 2.24) is 9.55 Å². The van der Waals surface area contributed by atoms with Gasteiger partial charge in [0.05, 0.1) is 19.3 Å². The summed E-state index contributed by atoms with van der Waals surface area (Å²) in [5.41, 5.74) is 4.40. The maximum Gasteiger partial charge on any atom is 0.469 e. The van der Waals surface area contributed by atoms with E-state index in [1.807, 2.05) is 0 Å². The Morgan fingerprint density at radius 3 is 2.83 bits per heavy atom. The first-order valence-corrected chi connectivity index (χ1v) is 8.69. The minimum Gasteiger partial charge on any atom is -0.352 e. The summed E-state index contributed by atoms with van der Waals surface area (Å²) in [5, 5.41) is 0. The Balaban J connectivity index is 2.12. The molecule has 24 heavy (non-hydrogen) atoms. The molecule has 1 aliphatic heterocycles. The predicted octanol–water partition coefficient (Wildman–Crippen LogP) is -1.17. The summed E-state index contributed by atoms with van der Waals surface area (Å²) in [6.45, 7) is -0.113. The Hall–Kier alpha value is -1.73. The van der Waals surface area contributed by atoms with Gasteiger partial charge in [0.15, 0.2) is 0 Å². The van der Waals surface area contributed by atoms with Crippen molar-refractivity contribution in [3.8, 4) is 11.8 Å². The zero-order valence-corrected chi connectivity index (χ0v) is 13.6. The van der Waals surface area contributed by atoms with Crippen molar-refractivity contribution in [3.63, 3.8) is 0 Å². The van der Waals surface area contributed by atoms with Crippen molar-refractivity contribution in [2.75, 3.05) is 13.2 Å². The molecule has 1 aromatic rings. The highest BCUT2D eigenvalue weighted by Gasteiger charge is 2.29. The molecule has 132 valence electrons. The fourth-order valence-electron chi connectivity index (χ4n) is 2.29. The van der Waals surface area contributed by atoms with Crippen LogP contribution in [-0.4, -0.2) is 38.6 Å². The number of nitrogens with two attached hydrogens (primary N) is 1. The zero-order valence-electron chi connectivity index (χ0n) is 12.7. The number of nitrogens with zero attached hydrogens (tertiary/aromatic N) is 1. The van der Waals surface area contributed by atoms with E-state index in [1.54, 1.807) is 0 Å². The van der Waals surface area contributed by atoms with Crippen molar-refractivity contribution in [2.45, 2.75) is 31.6 Å². The van der Waals surface area contributed by atoms with Crippen LogP contribution in [0.4, 0.5) is 0 Å². The molecule has 1 fully saturated rings. The first kappa shape index (κ1) is 18.6. The van der Waals surface area contributed by atoms with Crippen LogP contribution < -0.4 is 17.0 Å². The topological polar surface area (TPSA) is 157 Å². The molecule has 0 saturated carbocycles. The number of hydrogen-bond acceptors (Lipinski definition) is 6. The maximum atomic E-state index is 11.9. The van der Waals surface area contributed by atoms with E-state index in [1.165, 1.54) is 10.8 Å². The van der Waals surface area contributed by atoms with Gasteiger partial charge in [-0.05, 0) is 12.8 Å².